The summed E-state index contributed by atoms with van der Waals surface area (Å²) in [6.45, 7) is 4.50. The van der Waals surface area contributed by atoms with Gasteiger partial charge >= 0.3 is 0 Å². The van der Waals surface area contributed by atoms with Gasteiger partial charge in [-0.25, -0.2) is 4.39 Å². The highest BCUT2D eigenvalue weighted by molar-refractivity contribution is 6.30. The molecule has 1 nitrogen and oxygen atoms in total. The van der Waals surface area contributed by atoms with Crippen molar-refractivity contribution in [3.63, 3.8) is 0 Å². The van der Waals surface area contributed by atoms with Crippen LogP contribution in [-0.2, 0) is 0 Å². The van der Waals surface area contributed by atoms with Crippen LogP contribution in [0.15, 0.2) is 18.2 Å². The summed E-state index contributed by atoms with van der Waals surface area (Å²) in [5.41, 5.74) is 0.791. The number of rotatable bonds is 2. The topological polar surface area (TPSA) is 12.0 Å². The van der Waals surface area contributed by atoms with Gasteiger partial charge in [-0.05, 0) is 36.5 Å². The molecule has 0 amide bonds. The fourth-order valence-corrected chi connectivity index (χ4v) is 2.71. The second kappa shape index (κ2) is 4.85. The molecule has 0 radical (unpaired) electrons. The average molecular weight is 256 g/mol. The monoisotopic (exact) mass is 255 g/mol. The highest BCUT2D eigenvalue weighted by Gasteiger charge is 2.32. The van der Waals surface area contributed by atoms with E-state index in [1.54, 1.807) is 12.1 Å². The highest BCUT2D eigenvalue weighted by atomic mass is 35.5. The number of hydrogen-bond donors (Lipinski definition) is 1. The molecule has 1 saturated carbocycles. The lowest BCUT2D eigenvalue weighted by atomic mass is 9.73. The first-order valence-electron chi connectivity index (χ1n) is 6.21. The van der Waals surface area contributed by atoms with Crippen molar-refractivity contribution in [3.8, 4) is 0 Å². The van der Waals surface area contributed by atoms with E-state index in [4.69, 9.17) is 11.6 Å². The molecule has 1 aromatic rings. The van der Waals surface area contributed by atoms with Crippen LogP contribution in [-0.4, -0.2) is 6.04 Å². The fourth-order valence-electron chi connectivity index (χ4n) is 2.56. The van der Waals surface area contributed by atoms with Gasteiger partial charge in [0.25, 0.3) is 0 Å². The third-order valence-electron chi connectivity index (χ3n) is 3.77. The van der Waals surface area contributed by atoms with Crippen molar-refractivity contribution in [1.29, 1.82) is 0 Å². The largest absolute Gasteiger partial charge is 0.379 e. The number of benzene rings is 1. The molecule has 0 aromatic heterocycles. The number of nitrogens with one attached hydrogen (secondary N) is 1. The van der Waals surface area contributed by atoms with E-state index in [1.165, 1.54) is 25.3 Å². The fraction of sp³-hybridized carbons (Fsp3) is 0.571. The van der Waals surface area contributed by atoms with E-state index in [0.29, 0.717) is 16.8 Å². The number of anilines is 1. The lowest BCUT2D eigenvalue weighted by Gasteiger charge is -2.39. The number of halogens is 2. The van der Waals surface area contributed by atoms with Gasteiger partial charge in [0, 0.05) is 11.1 Å². The summed E-state index contributed by atoms with van der Waals surface area (Å²) in [6.07, 6.45) is 4.79. The van der Waals surface area contributed by atoms with Crippen LogP contribution in [0.4, 0.5) is 10.1 Å². The third kappa shape index (κ3) is 2.92. The van der Waals surface area contributed by atoms with Crippen LogP contribution in [0, 0.1) is 11.2 Å². The van der Waals surface area contributed by atoms with Gasteiger partial charge in [0.2, 0.25) is 0 Å². The van der Waals surface area contributed by atoms with E-state index in [1.807, 2.05) is 0 Å². The summed E-state index contributed by atoms with van der Waals surface area (Å²) in [6, 6.07) is 5.15. The van der Waals surface area contributed by atoms with Gasteiger partial charge < -0.3 is 5.32 Å². The normalized spacial score (nSPS) is 23.4. The zero-order valence-corrected chi connectivity index (χ0v) is 11.1. The maximum absolute atomic E-state index is 13.7. The summed E-state index contributed by atoms with van der Waals surface area (Å²) < 4.78 is 13.7. The molecule has 0 bridgehead atoms. The van der Waals surface area contributed by atoms with Crippen molar-refractivity contribution in [2.45, 2.75) is 45.6 Å². The molecule has 0 saturated heterocycles. The molecule has 94 valence electrons. The molecule has 2 rings (SSSR count). The van der Waals surface area contributed by atoms with E-state index in [2.05, 4.69) is 19.2 Å². The van der Waals surface area contributed by atoms with Crippen LogP contribution < -0.4 is 5.32 Å². The minimum atomic E-state index is -0.265. The maximum Gasteiger partial charge on any atom is 0.147 e. The molecule has 1 unspecified atom stereocenters. The zero-order valence-electron chi connectivity index (χ0n) is 10.4. The molecule has 1 aromatic carbocycles. The Balaban J connectivity index is 2.14. The van der Waals surface area contributed by atoms with Gasteiger partial charge in [-0.2, -0.15) is 0 Å². The molecule has 3 heteroatoms. The van der Waals surface area contributed by atoms with E-state index in [9.17, 15) is 4.39 Å². The van der Waals surface area contributed by atoms with Gasteiger partial charge in [0.15, 0.2) is 0 Å². The molecule has 0 spiro atoms. The van der Waals surface area contributed by atoms with Crippen LogP contribution in [0.2, 0.25) is 5.02 Å². The highest BCUT2D eigenvalue weighted by Crippen LogP contribution is 2.37. The summed E-state index contributed by atoms with van der Waals surface area (Å²) in [5, 5.41) is 3.77. The second-order valence-electron chi connectivity index (χ2n) is 5.56. The van der Waals surface area contributed by atoms with E-state index in [-0.39, 0.29) is 11.2 Å². The minimum Gasteiger partial charge on any atom is -0.379 e. The lowest BCUT2D eigenvalue weighted by molar-refractivity contribution is 0.216. The first-order valence-corrected chi connectivity index (χ1v) is 6.58. The van der Waals surface area contributed by atoms with Gasteiger partial charge in [-0.1, -0.05) is 38.3 Å². The maximum atomic E-state index is 13.7. The molecule has 1 aliphatic rings. The molecule has 0 aliphatic heterocycles. The Bertz CT molecular complexity index is 403. The van der Waals surface area contributed by atoms with Crippen LogP contribution in [0.1, 0.15) is 39.5 Å². The predicted molar refractivity (Wildman–Crippen MR) is 71.1 cm³/mol. The first kappa shape index (κ1) is 12.7. The third-order valence-corrected chi connectivity index (χ3v) is 4.00. The Morgan fingerprint density at radius 2 is 2.12 bits per heavy atom. The van der Waals surface area contributed by atoms with E-state index < -0.39 is 0 Å². The van der Waals surface area contributed by atoms with Gasteiger partial charge in [-0.15, -0.1) is 0 Å². The molecule has 1 N–H and O–H groups in total. The van der Waals surface area contributed by atoms with Crippen molar-refractivity contribution in [2.75, 3.05) is 5.32 Å². The van der Waals surface area contributed by atoms with Crippen molar-refractivity contribution < 1.29 is 4.39 Å². The lowest BCUT2D eigenvalue weighted by Crippen LogP contribution is -2.39. The zero-order chi connectivity index (χ0) is 12.5. The van der Waals surface area contributed by atoms with E-state index in [0.717, 1.165) is 6.42 Å². The Kier molecular flexibility index (Phi) is 3.62. The first-order chi connectivity index (χ1) is 7.99. The van der Waals surface area contributed by atoms with Crippen LogP contribution in [0.5, 0.6) is 0 Å². The Morgan fingerprint density at radius 3 is 2.76 bits per heavy atom. The quantitative estimate of drug-likeness (QED) is 0.796. The molecule has 1 fully saturated rings. The van der Waals surface area contributed by atoms with E-state index >= 15 is 0 Å². The van der Waals surface area contributed by atoms with Crippen molar-refractivity contribution in [3.05, 3.63) is 29.0 Å². The van der Waals surface area contributed by atoms with Crippen molar-refractivity contribution in [1.82, 2.24) is 0 Å². The molecular formula is C14H19ClFN. The molecule has 0 heterocycles. The van der Waals surface area contributed by atoms with Gasteiger partial charge in [0.1, 0.15) is 5.82 Å². The summed E-state index contributed by atoms with van der Waals surface area (Å²) in [4.78, 5) is 0. The van der Waals surface area contributed by atoms with Crippen LogP contribution >= 0.6 is 11.6 Å². The van der Waals surface area contributed by atoms with Crippen LogP contribution in [0.25, 0.3) is 0 Å². The molecule has 1 aliphatic carbocycles. The molecule has 1 atom stereocenters. The molecule has 17 heavy (non-hydrogen) atoms. The van der Waals surface area contributed by atoms with Gasteiger partial charge in [-0.3, -0.25) is 0 Å². The minimum absolute atomic E-state index is 0.227. The predicted octanol–water partition coefficient (Wildman–Crippen LogP) is 4.86. The SMILES string of the molecule is CC1(C)CCCCC1Nc1ccc(Cl)cc1F. The van der Waals surface area contributed by atoms with Crippen molar-refractivity contribution >= 4 is 17.3 Å². The Hall–Kier alpha value is -0.760. The van der Waals surface area contributed by atoms with Crippen LogP contribution in [0.3, 0.4) is 0 Å². The molecular weight excluding hydrogens is 237 g/mol. The summed E-state index contributed by atoms with van der Waals surface area (Å²) in [7, 11) is 0. The number of hydrogen-bond acceptors (Lipinski definition) is 1. The standard InChI is InChI=1S/C14H19ClFN/c1-14(2)8-4-3-5-13(14)17-12-7-6-10(15)9-11(12)16/h6-7,9,13,17H,3-5,8H2,1-2H3. The average Bonchev–Trinajstić information content (AvgIpc) is 2.24. The van der Waals surface area contributed by atoms with Gasteiger partial charge in [0.05, 0.1) is 5.69 Å². The summed E-state index contributed by atoms with van der Waals surface area (Å²) >= 11 is 5.75. The Labute approximate surface area is 107 Å². The smallest absolute Gasteiger partial charge is 0.147 e. The van der Waals surface area contributed by atoms with Crippen molar-refractivity contribution in [2.24, 2.45) is 5.41 Å². The second-order valence-corrected chi connectivity index (χ2v) is 5.99. The Morgan fingerprint density at radius 1 is 1.35 bits per heavy atom. The summed E-state index contributed by atoms with van der Waals surface area (Å²) in [5.74, 6) is -0.265.